The molecule has 1 aliphatic rings. The monoisotopic (exact) mass is 389 g/mol. The van der Waals surface area contributed by atoms with Crippen molar-refractivity contribution in [2.75, 3.05) is 0 Å². The van der Waals surface area contributed by atoms with Gasteiger partial charge in [-0.3, -0.25) is 19.3 Å². The molecular formula is C19H11N5O3S. The quantitative estimate of drug-likeness (QED) is 0.497. The molecule has 0 bridgehead atoms. The molecule has 1 aliphatic heterocycles. The van der Waals surface area contributed by atoms with Crippen LogP contribution in [0, 0.1) is 0 Å². The van der Waals surface area contributed by atoms with Gasteiger partial charge in [0.1, 0.15) is 5.01 Å². The van der Waals surface area contributed by atoms with E-state index in [-0.39, 0.29) is 24.1 Å². The summed E-state index contributed by atoms with van der Waals surface area (Å²) in [5.41, 5.74) is 1.18. The van der Waals surface area contributed by atoms with Gasteiger partial charge >= 0.3 is 5.56 Å². The molecule has 3 heterocycles. The highest BCUT2D eigenvalue weighted by atomic mass is 32.1. The van der Waals surface area contributed by atoms with Crippen LogP contribution < -0.4 is 5.56 Å². The van der Waals surface area contributed by atoms with Gasteiger partial charge in [0.05, 0.1) is 17.7 Å². The van der Waals surface area contributed by atoms with E-state index in [1.54, 1.807) is 48.5 Å². The molecule has 28 heavy (non-hydrogen) atoms. The number of aromatic nitrogens is 4. The largest absolute Gasteiger partial charge is 0.302 e. The molecule has 4 aromatic rings. The van der Waals surface area contributed by atoms with Gasteiger partial charge in [0.25, 0.3) is 11.8 Å². The van der Waals surface area contributed by atoms with Crippen molar-refractivity contribution >= 4 is 28.1 Å². The van der Waals surface area contributed by atoms with Gasteiger partial charge < -0.3 is 0 Å². The second-order valence-corrected chi connectivity index (χ2v) is 7.19. The SMILES string of the molecule is O=C1c2ccccc2C(=O)N1Cc1nn2c(=O)c(-c3ccccc3)nnc2s1. The fraction of sp³-hybridized carbons (Fsp3) is 0.0526. The van der Waals surface area contributed by atoms with Gasteiger partial charge in [-0.25, -0.2) is 0 Å². The van der Waals surface area contributed by atoms with Crippen LogP contribution in [-0.2, 0) is 6.54 Å². The average molecular weight is 389 g/mol. The molecule has 2 amide bonds. The minimum absolute atomic E-state index is 0.0273. The number of benzene rings is 2. The smallest absolute Gasteiger partial charge is 0.269 e. The molecular weight excluding hydrogens is 378 g/mol. The van der Waals surface area contributed by atoms with Crippen molar-refractivity contribution in [2.24, 2.45) is 0 Å². The molecule has 9 heteroatoms. The minimum Gasteiger partial charge on any atom is -0.269 e. The van der Waals surface area contributed by atoms with Crippen molar-refractivity contribution in [1.29, 1.82) is 0 Å². The highest BCUT2D eigenvalue weighted by molar-refractivity contribution is 7.16. The third-order valence-electron chi connectivity index (χ3n) is 4.45. The number of rotatable bonds is 3. The van der Waals surface area contributed by atoms with Crippen LogP contribution in [0.3, 0.4) is 0 Å². The number of hydrogen-bond acceptors (Lipinski definition) is 7. The first-order chi connectivity index (χ1) is 13.6. The number of imide groups is 1. The second kappa shape index (κ2) is 6.17. The standard InChI is InChI=1S/C19H11N5O3S/c25-16-12-8-4-5-9-13(12)17(26)23(16)10-14-22-24-18(27)15(20-21-19(24)28-14)11-6-2-1-3-7-11/h1-9H,10H2. The van der Waals surface area contributed by atoms with E-state index in [4.69, 9.17) is 0 Å². The van der Waals surface area contributed by atoms with Gasteiger partial charge in [-0.15, -0.1) is 10.2 Å². The van der Waals surface area contributed by atoms with E-state index in [0.29, 0.717) is 26.7 Å². The van der Waals surface area contributed by atoms with Gasteiger partial charge in [-0.1, -0.05) is 53.8 Å². The Labute approximate surface area is 161 Å². The third kappa shape index (κ3) is 2.44. The maximum absolute atomic E-state index is 12.7. The molecule has 2 aromatic heterocycles. The number of carbonyl (C=O) groups is 2. The third-order valence-corrected chi connectivity index (χ3v) is 5.33. The summed E-state index contributed by atoms with van der Waals surface area (Å²) in [6.07, 6.45) is 0. The van der Waals surface area contributed by atoms with E-state index < -0.39 is 5.56 Å². The lowest BCUT2D eigenvalue weighted by atomic mass is 10.1. The Morgan fingerprint density at radius 1 is 0.821 bits per heavy atom. The molecule has 5 rings (SSSR count). The van der Waals surface area contributed by atoms with Gasteiger partial charge in [0.2, 0.25) is 4.96 Å². The van der Waals surface area contributed by atoms with Crippen molar-refractivity contribution in [2.45, 2.75) is 6.54 Å². The van der Waals surface area contributed by atoms with Gasteiger partial charge in [0, 0.05) is 5.56 Å². The molecule has 0 atom stereocenters. The van der Waals surface area contributed by atoms with Crippen LogP contribution in [0.2, 0.25) is 0 Å². The van der Waals surface area contributed by atoms with Crippen LogP contribution in [0.1, 0.15) is 25.7 Å². The van der Waals surface area contributed by atoms with Crippen LogP contribution in [0.15, 0.2) is 59.4 Å². The van der Waals surface area contributed by atoms with E-state index in [0.717, 1.165) is 20.8 Å². The van der Waals surface area contributed by atoms with Crippen LogP contribution in [0.5, 0.6) is 0 Å². The van der Waals surface area contributed by atoms with E-state index >= 15 is 0 Å². The molecule has 0 saturated heterocycles. The van der Waals surface area contributed by atoms with Crippen LogP contribution in [0.25, 0.3) is 16.2 Å². The molecule has 0 unspecified atom stereocenters. The summed E-state index contributed by atoms with van der Waals surface area (Å²) >= 11 is 1.12. The summed E-state index contributed by atoms with van der Waals surface area (Å²) in [6.45, 7) is -0.0273. The highest BCUT2D eigenvalue weighted by Crippen LogP contribution is 2.25. The lowest BCUT2D eigenvalue weighted by Gasteiger charge is -2.10. The lowest BCUT2D eigenvalue weighted by Crippen LogP contribution is -2.29. The summed E-state index contributed by atoms with van der Waals surface area (Å²) in [7, 11) is 0. The number of hydrogen-bond donors (Lipinski definition) is 0. The summed E-state index contributed by atoms with van der Waals surface area (Å²) in [4.78, 5) is 39.2. The Balaban J connectivity index is 1.52. The van der Waals surface area contributed by atoms with Crippen LogP contribution in [0.4, 0.5) is 0 Å². The first-order valence-electron chi connectivity index (χ1n) is 8.39. The summed E-state index contributed by atoms with van der Waals surface area (Å²) in [5, 5.41) is 12.8. The molecule has 0 spiro atoms. The van der Waals surface area contributed by atoms with E-state index in [1.807, 2.05) is 6.07 Å². The van der Waals surface area contributed by atoms with Gasteiger partial charge in [-0.2, -0.15) is 9.61 Å². The maximum Gasteiger partial charge on any atom is 0.302 e. The van der Waals surface area contributed by atoms with E-state index in [2.05, 4.69) is 15.3 Å². The Hall–Kier alpha value is -3.72. The van der Waals surface area contributed by atoms with Crippen molar-refractivity contribution in [1.82, 2.24) is 24.7 Å². The summed E-state index contributed by atoms with van der Waals surface area (Å²) in [6, 6.07) is 15.7. The summed E-state index contributed by atoms with van der Waals surface area (Å²) < 4.78 is 1.16. The molecule has 0 fully saturated rings. The zero-order chi connectivity index (χ0) is 19.3. The Bertz CT molecular complexity index is 1280. The lowest BCUT2D eigenvalue weighted by molar-refractivity contribution is 0.0642. The molecule has 0 radical (unpaired) electrons. The van der Waals surface area contributed by atoms with Gasteiger partial charge in [0.15, 0.2) is 5.69 Å². The molecule has 136 valence electrons. The molecule has 0 aliphatic carbocycles. The normalized spacial score (nSPS) is 13.4. The Morgan fingerprint density at radius 3 is 2.14 bits per heavy atom. The molecule has 2 aromatic carbocycles. The summed E-state index contributed by atoms with van der Waals surface area (Å²) in [5.74, 6) is -0.744. The van der Waals surface area contributed by atoms with E-state index in [1.165, 1.54) is 0 Å². The average Bonchev–Trinajstić information content (AvgIpc) is 3.25. The zero-order valence-corrected chi connectivity index (χ0v) is 15.1. The topological polar surface area (TPSA) is 97.5 Å². The molecule has 0 N–H and O–H groups in total. The second-order valence-electron chi connectivity index (χ2n) is 6.15. The minimum atomic E-state index is -0.402. The van der Waals surface area contributed by atoms with Crippen LogP contribution >= 0.6 is 11.3 Å². The number of amides is 2. The Kier molecular flexibility index (Phi) is 3.63. The maximum atomic E-state index is 12.7. The van der Waals surface area contributed by atoms with E-state index in [9.17, 15) is 14.4 Å². The number of fused-ring (bicyclic) bond motifs is 2. The fourth-order valence-electron chi connectivity index (χ4n) is 3.11. The van der Waals surface area contributed by atoms with Crippen molar-refractivity contribution in [3.63, 3.8) is 0 Å². The van der Waals surface area contributed by atoms with Crippen molar-refractivity contribution in [3.8, 4) is 11.3 Å². The number of nitrogens with zero attached hydrogens (tertiary/aromatic N) is 5. The zero-order valence-electron chi connectivity index (χ0n) is 14.3. The first kappa shape index (κ1) is 16.5. The van der Waals surface area contributed by atoms with Crippen molar-refractivity contribution in [3.05, 3.63) is 81.1 Å². The Morgan fingerprint density at radius 2 is 1.46 bits per heavy atom. The van der Waals surface area contributed by atoms with Gasteiger partial charge in [-0.05, 0) is 12.1 Å². The van der Waals surface area contributed by atoms with Crippen molar-refractivity contribution < 1.29 is 9.59 Å². The fourth-order valence-corrected chi connectivity index (χ4v) is 3.93. The highest BCUT2D eigenvalue weighted by Gasteiger charge is 2.35. The van der Waals surface area contributed by atoms with Crippen LogP contribution in [-0.4, -0.2) is 36.5 Å². The molecule has 8 nitrogen and oxygen atoms in total. The predicted octanol–water partition coefficient (Wildman–Crippen LogP) is 2.01. The number of carbonyl (C=O) groups excluding carboxylic acids is 2. The predicted molar refractivity (Wildman–Crippen MR) is 101 cm³/mol. The molecule has 0 saturated carbocycles. The first-order valence-corrected chi connectivity index (χ1v) is 9.21.